The van der Waals surface area contributed by atoms with Crippen molar-refractivity contribution in [3.05, 3.63) is 74.7 Å². The number of para-hydroxylation sites is 1. The Morgan fingerprint density at radius 2 is 2.09 bits per heavy atom. The number of carbonyl (C=O) groups is 1. The molecule has 116 valence electrons. The Kier molecular flexibility index (Phi) is 4.25. The minimum Gasteiger partial charge on any atom is -0.355 e. The van der Waals surface area contributed by atoms with Crippen molar-refractivity contribution in [1.29, 1.82) is 0 Å². The molecular formula is C17H14BrN3O2. The number of carbonyl (C=O) groups excluding carboxylic acids is 1. The molecule has 0 spiro atoms. The van der Waals surface area contributed by atoms with Crippen LogP contribution in [0, 0.1) is 0 Å². The average molecular weight is 372 g/mol. The van der Waals surface area contributed by atoms with E-state index in [0.717, 1.165) is 16.5 Å². The number of amides is 1. The van der Waals surface area contributed by atoms with E-state index >= 15 is 0 Å². The number of hydrogen-bond acceptors (Lipinski definition) is 3. The van der Waals surface area contributed by atoms with Crippen molar-refractivity contribution in [2.24, 2.45) is 0 Å². The van der Waals surface area contributed by atoms with Gasteiger partial charge in [-0.3, -0.25) is 14.6 Å². The van der Waals surface area contributed by atoms with Crippen LogP contribution < -0.4 is 10.9 Å². The van der Waals surface area contributed by atoms with E-state index in [4.69, 9.17) is 0 Å². The molecule has 0 unspecified atom stereocenters. The van der Waals surface area contributed by atoms with E-state index in [-0.39, 0.29) is 11.1 Å². The molecule has 5 nitrogen and oxygen atoms in total. The average Bonchev–Trinajstić information content (AvgIpc) is 2.57. The summed E-state index contributed by atoms with van der Waals surface area (Å²) in [6.45, 7) is 0.344. The SMILES string of the molecule is CNC(=O)c1cc(Br)cn(Cc2cccc3cccnc23)c1=O. The number of pyridine rings is 2. The lowest BCUT2D eigenvalue weighted by Crippen LogP contribution is -2.31. The number of hydrogen-bond donors (Lipinski definition) is 1. The van der Waals surface area contributed by atoms with E-state index in [0.29, 0.717) is 11.0 Å². The number of nitrogens with zero attached hydrogens (tertiary/aromatic N) is 2. The summed E-state index contributed by atoms with van der Waals surface area (Å²) in [6.07, 6.45) is 3.40. The minimum atomic E-state index is -0.402. The highest BCUT2D eigenvalue weighted by atomic mass is 79.9. The predicted octanol–water partition coefficient (Wildman–Crippen LogP) is 2.57. The molecule has 0 saturated heterocycles. The highest BCUT2D eigenvalue weighted by molar-refractivity contribution is 9.10. The molecule has 23 heavy (non-hydrogen) atoms. The fraction of sp³-hybridized carbons (Fsp3) is 0.118. The van der Waals surface area contributed by atoms with Gasteiger partial charge >= 0.3 is 0 Å². The molecule has 0 saturated carbocycles. The van der Waals surface area contributed by atoms with Gasteiger partial charge in [0, 0.05) is 29.3 Å². The Balaban J connectivity index is 2.11. The van der Waals surface area contributed by atoms with Crippen molar-refractivity contribution in [1.82, 2.24) is 14.9 Å². The molecule has 0 radical (unpaired) electrons. The third-order valence-electron chi connectivity index (χ3n) is 3.58. The standard InChI is InChI=1S/C17H14BrN3O2/c1-19-16(22)14-8-13(18)10-21(17(14)23)9-12-5-2-4-11-6-3-7-20-15(11)12/h2-8,10H,9H2,1H3,(H,19,22). The summed E-state index contributed by atoms with van der Waals surface area (Å²) in [4.78, 5) is 28.8. The number of aromatic nitrogens is 2. The molecule has 1 aromatic carbocycles. The normalized spacial score (nSPS) is 10.7. The van der Waals surface area contributed by atoms with E-state index in [9.17, 15) is 9.59 Å². The second-order valence-corrected chi connectivity index (χ2v) is 5.99. The summed E-state index contributed by atoms with van der Waals surface area (Å²) in [7, 11) is 1.50. The van der Waals surface area contributed by atoms with Crippen molar-refractivity contribution in [3.63, 3.8) is 0 Å². The summed E-state index contributed by atoms with van der Waals surface area (Å²) in [5.41, 5.74) is 1.55. The molecule has 0 aliphatic heterocycles. The molecule has 2 aromatic heterocycles. The lowest BCUT2D eigenvalue weighted by Gasteiger charge is -2.10. The van der Waals surface area contributed by atoms with Gasteiger partial charge in [-0.2, -0.15) is 0 Å². The van der Waals surface area contributed by atoms with Gasteiger partial charge in [0.05, 0.1) is 12.1 Å². The molecule has 1 amide bonds. The van der Waals surface area contributed by atoms with Gasteiger partial charge in [0.1, 0.15) is 5.56 Å². The number of benzene rings is 1. The fourth-order valence-corrected chi connectivity index (χ4v) is 2.97. The molecule has 0 atom stereocenters. The molecule has 3 rings (SSSR count). The summed E-state index contributed by atoms with van der Waals surface area (Å²) in [5.74, 6) is -0.402. The Bertz CT molecular complexity index is 945. The van der Waals surface area contributed by atoms with E-state index in [1.165, 1.54) is 17.7 Å². The predicted molar refractivity (Wildman–Crippen MR) is 92.6 cm³/mol. The van der Waals surface area contributed by atoms with Crippen LogP contribution in [0.15, 0.2) is 58.1 Å². The van der Waals surface area contributed by atoms with Crippen molar-refractivity contribution in [2.45, 2.75) is 6.54 Å². The largest absolute Gasteiger partial charge is 0.355 e. The van der Waals surface area contributed by atoms with Gasteiger partial charge in [0.25, 0.3) is 11.5 Å². The van der Waals surface area contributed by atoms with Crippen LogP contribution in [0.3, 0.4) is 0 Å². The summed E-state index contributed by atoms with van der Waals surface area (Å²) < 4.78 is 2.18. The van der Waals surface area contributed by atoms with Crippen LogP contribution in [0.5, 0.6) is 0 Å². The molecule has 3 aromatic rings. The molecular weight excluding hydrogens is 358 g/mol. The molecule has 0 aliphatic carbocycles. The zero-order valence-electron chi connectivity index (χ0n) is 12.4. The first-order chi connectivity index (χ1) is 11.1. The van der Waals surface area contributed by atoms with E-state index < -0.39 is 5.91 Å². The maximum atomic E-state index is 12.5. The van der Waals surface area contributed by atoms with Gasteiger partial charge in [-0.15, -0.1) is 0 Å². The van der Waals surface area contributed by atoms with Gasteiger partial charge in [0.2, 0.25) is 0 Å². The van der Waals surface area contributed by atoms with Gasteiger partial charge in [-0.05, 0) is 33.6 Å². The first kappa shape index (κ1) is 15.4. The molecule has 6 heteroatoms. The molecule has 0 aliphatic rings. The first-order valence-corrected chi connectivity index (χ1v) is 7.84. The summed E-state index contributed by atoms with van der Waals surface area (Å²) in [6, 6.07) is 11.2. The summed E-state index contributed by atoms with van der Waals surface area (Å²) >= 11 is 3.35. The Morgan fingerprint density at radius 3 is 2.87 bits per heavy atom. The van der Waals surface area contributed by atoms with Crippen molar-refractivity contribution in [3.8, 4) is 0 Å². The first-order valence-electron chi connectivity index (χ1n) is 7.05. The highest BCUT2D eigenvalue weighted by Crippen LogP contribution is 2.17. The second-order valence-electron chi connectivity index (χ2n) is 5.08. The van der Waals surface area contributed by atoms with Crippen LogP contribution in [0.25, 0.3) is 10.9 Å². The van der Waals surface area contributed by atoms with Gasteiger partial charge in [-0.25, -0.2) is 0 Å². The van der Waals surface area contributed by atoms with Crippen LogP contribution in [0.1, 0.15) is 15.9 Å². The maximum Gasteiger partial charge on any atom is 0.263 e. The quantitative estimate of drug-likeness (QED) is 0.769. The molecule has 0 bridgehead atoms. The van der Waals surface area contributed by atoms with Crippen molar-refractivity contribution in [2.75, 3.05) is 7.05 Å². The zero-order valence-corrected chi connectivity index (χ0v) is 14.0. The Morgan fingerprint density at radius 1 is 1.30 bits per heavy atom. The molecule has 2 heterocycles. The van der Waals surface area contributed by atoms with Crippen LogP contribution in [-0.2, 0) is 6.54 Å². The van der Waals surface area contributed by atoms with Gasteiger partial charge in [0.15, 0.2) is 0 Å². The minimum absolute atomic E-state index is 0.107. The highest BCUT2D eigenvalue weighted by Gasteiger charge is 2.13. The second kappa shape index (κ2) is 6.34. The smallest absolute Gasteiger partial charge is 0.263 e. The van der Waals surface area contributed by atoms with Crippen molar-refractivity contribution < 1.29 is 4.79 Å². The number of rotatable bonds is 3. The lowest BCUT2D eigenvalue weighted by molar-refractivity contribution is 0.0961. The monoisotopic (exact) mass is 371 g/mol. The summed E-state index contributed by atoms with van der Waals surface area (Å²) in [5, 5.41) is 3.50. The molecule has 0 fully saturated rings. The van der Waals surface area contributed by atoms with Crippen LogP contribution >= 0.6 is 15.9 Å². The van der Waals surface area contributed by atoms with Crippen LogP contribution in [-0.4, -0.2) is 22.5 Å². The van der Waals surface area contributed by atoms with E-state index in [2.05, 4.69) is 26.2 Å². The number of halogens is 1. The Hall–Kier alpha value is -2.47. The maximum absolute atomic E-state index is 12.5. The van der Waals surface area contributed by atoms with Crippen LogP contribution in [0.2, 0.25) is 0 Å². The number of fused-ring (bicyclic) bond motifs is 1. The third-order valence-corrected chi connectivity index (χ3v) is 4.01. The zero-order chi connectivity index (χ0) is 16.4. The lowest BCUT2D eigenvalue weighted by atomic mass is 10.1. The molecule has 1 N–H and O–H groups in total. The van der Waals surface area contributed by atoms with Gasteiger partial charge in [-0.1, -0.05) is 24.3 Å². The fourth-order valence-electron chi connectivity index (χ4n) is 2.49. The Labute approximate surface area is 141 Å². The topological polar surface area (TPSA) is 64.0 Å². The number of nitrogens with one attached hydrogen (secondary N) is 1. The van der Waals surface area contributed by atoms with Gasteiger partial charge < -0.3 is 9.88 Å². The van der Waals surface area contributed by atoms with Crippen LogP contribution in [0.4, 0.5) is 0 Å². The third kappa shape index (κ3) is 3.03. The van der Waals surface area contributed by atoms with E-state index in [1.807, 2.05) is 30.3 Å². The van der Waals surface area contributed by atoms with E-state index in [1.54, 1.807) is 12.4 Å². The van der Waals surface area contributed by atoms with Crippen molar-refractivity contribution >= 4 is 32.7 Å².